The van der Waals surface area contributed by atoms with Gasteiger partial charge in [-0.2, -0.15) is 0 Å². The fourth-order valence-electron chi connectivity index (χ4n) is 2.75. The van der Waals surface area contributed by atoms with Crippen LogP contribution in [0.1, 0.15) is 45.6 Å². The molecule has 1 aliphatic heterocycles. The van der Waals surface area contributed by atoms with Crippen LogP contribution in [0.2, 0.25) is 0 Å². The zero-order valence-corrected chi connectivity index (χ0v) is 15.9. The molecule has 0 saturated carbocycles. The van der Waals surface area contributed by atoms with Gasteiger partial charge in [-0.25, -0.2) is 9.69 Å². The van der Waals surface area contributed by atoms with E-state index in [1.54, 1.807) is 20.8 Å². The Hall–Kier alpha value is -1.92. The summed E-state index contributed by atoms with van der Waals surface area (Å²) in [5, 5.41) is 0. The Bertz CT molecular complexity index is 582. The molecule has 1 aromatic carbocycles. The first-order valence-corrected chi connectivity index (χ1v) is 9.11. The van der Waals surface area contributed by atoms with Crippen LogP contribution in [0.15, 0.2) is 30.3 Å². The number of rotatable bonds is 7. The van der Waals surface area contributed by atoms with Crippen LogP contribution in [0.5, 0.6) is 0 Å². The van der Waals surface area contributed by atoms with Crippen LogP contribution in [0, 0.1) is 0 Å². The third-order valence-corrected chi connectivity index (χ3v) is 3.95. The molecular formula is C20H29NO5. The number of nitrogens with zero attached hydrogens (tertiary/aromatic N) is 1. The molecule has 2 amide bonds. The van der Waals surface area contributed by atoms with Crippen molar-refractivity contribution in [3.8, 4) is 0 Å². The molecule has 1 heterocycles. The van der Waals surface area contributed by atoms with Gasteiger partial charge in [0.1, 0.15) is 12.2 Å². The van der Waals surface area contributed by atoms with E-state index in [0.717, 1.165) is 18.4 Å². The average Bonchev–Trinajstić information content (AvgIpc) is 2.57. The van der Waals surface area contributed by atoms with Crippen molar-refractivity contribution in [1.82, 2.24) is 4.90 Å². The first kappa shape index (κ1) is 20.4. The van der Waals surface area contributed by atoms with E-state index in [9.17, 15) is 9.59 Å². The number of morpholine rings is 1. The summed E-state index contributed by atoms with van der Waals surface area (Å²) in [5.74, 6) is -0.337. The molecule has 6 heteroatoms. The minimum atomic E-state index is -0.633. The molecule has 0 aliphatic carbocycles. The fourth-order valence-corrected chi connectivity index (χ4v) is 2.75. The van der Waals surface area contributed by atoms with Gasteiger partial charge in [0.2, 0.25) is 0 Å². The van der Waals surface area contributed by atoms with E-state index in [2.05, 4.69) is 0 Å². The van der Waals surface area contributed by atoms with E-state index in [0.29, 0.717) is 26.2 Å². The third kappa shape index (κ3) is 6.77. The highest BCUT2D eigenvalue weighted by molar-refractivity contribution is 5.93. The lowest BCUT2D eigenvalue weighted by atomic mass is 10.1. The van der Waals surface area contributed by atoms with E-state index >= 15 is 0 Å². The Morgan fingerprint density at radius 1 is 1.23 bits per heavy atom. The molecule has 1 fully saturated rings. The number of hydrogen-bond acceptors (Lipinski definition) is 5. The van der Waals surface area contributed by atoms with E-state index in [4.69, 9.17) is 14.2 Å². The van der Waals surface area contributed by atoms with Crippen molar-refractivity contribution in [3.05, 3.63) is 35.9 Å². The molecular weight excluding hydrogens is 334 g/mol. The van der Waals surface area contributed by atoms with Gasteiger partial charge < -0.3 is 14.2 Å². The highest BCUT2D eigenvalue weighted by Crippen LogP contribution is 2.19. The predicted octanol–water partition coefficient (Wildman–Crippen LogP) is 3.54. The molecule has 0 bridgehead atoms. The number of carbonyl (C=O) groups excluding carboxylic acids is 2. The van der Waals surface area contributed by atoms with Crippen LogP contribution in [0.3, 0.4) is 0 Å². The highest BCUT2D eigenvalue weighted by Gasteiger charge is 2.36. The van der Waals surface area contributed by atoms with Crippen LogP contribution < -0.4 is 0 Å². The van der Waals surface area contributed by atoms with Crippen molar-refractivity contribution in [2.45, 2.75) is 58.3 Å². The molecule has 1 aromatic rings. The second kappa shape index (κ2) is 9.69. The average molecular weight is 363 g/mol. The molecule has 0 aromatic heterocycles. The van der Waals surface area contributed by atoms with Crippen molar-refractivity contribution in [3.63, 3.8) is 0 Å². The molecule has 0 N–H and O–H groups in total. The maximum Gasteiger partial charge on any atom is 0.417 e. The second-order valence-electron chi connectivity index (χ2n) is 7.45. The summed E-state index contributed by atoms with van der Waals surface area (Å²) in [6, 6.07) is 9.75. The molecule has 0 spiro atoms. The number of amides is 2. The van der Waals surface area contributed by atoms with Gasteiger partial charge in [0.25, 0.3) is 5.91 Å². The lowest BCUT2D eigenvalue weighted by Gasteiger charge is -2.35. The normalized spacial score (nSPS) is 18.0. The van der Waals surface area contributed by atoms with Gasteiger partial charge >= 0.3 is 6.09 Å². The van der Waals surface area contributed by atoms with Gasteiger partial charge in [-0.05, 0) is 45.6 Å². The van der Waals surface area contributed by atoms with Crippen LogP contribution in [0.25, 0.3) is 0 Å². The molecule has 1 saturated heterocycles. The van der Waals surface area contributed by atoms with E-state index in [1.165, 1.54) is 4.90 Å². The Morgan fingerprint density at radius 2 is 1.96 bits per heavy atom. The summed E-state index contributed by atoms with van der Waals surface area (Å²) in [7, 11) is 0. The Balaban J connectivity index is 1.73. The lowest BCUT2D eigenvalue weighted by Crippen LogP contribution is -2.53. The van der Waals surface area contributed by atoms with Crippen LogP contribution in [-0.4, -0.2) is 48.4 Å². The van der Waals surface area contributed by atoms with Gasteiger partial charge in [-0.3, -0.25) is 4.79 Å². The van der Waals surface area contributed by atoms with Crippen molar-refractivity contribution < 1.29 is 23.8 Å². The Labute approximate surface area is 155 Å². The van der Waals surface area contributed by atoms with Crippen molar-refractivity contribution in [1.29, 1.82) is 0 Å². The van der Waals surface area contributed by atoms with E-state index in [1.807, 2.05) is 30.3 Å². The standard InChI is InChI=1S/C20H29NO5/c1-20(2,3)26-19(23)21-17(14-25-15-18(21)22)11-7-8-12-24-13-16-9-5-4-6-10-16/h4-6,9-10,17H,7-8,11-15H2,1-3H3/t17-/m0/s1. The Morgan fingerprint density at radius 3 is 2.65 bits per heavy atom. The SMILES string of the molecule is CC(C)(C)OC(=O)N1C(=O)COC[C@@H]1CCCCOCc1ccccc1. The number of benzene rings is 1. The molecule has 144 valence electrons. The second-order valence-corrected chi connectivity index (χ2v) is 7.45. The smallest absolute Gasteiger partial charge is 0.417 e. The van der Waals surface area contributed by atoms with E-state index in [-0.39, 0.29) is 18.6 Å². The quantitative estimate of drug-likeness (QED) is 0.693. The van der Waals surface area contributed by atoms with Crippen molar-refractivity contribution in [2.24, 2.45) is 0 Å². The van der Waals surface area contributed by atoms with Gasteiger partial charge in [0.15, 0.2) is 0 Å². The summed E-state index contributed by atoms with van der Waals surface area (Å²) < 4.78 is 16.3. The van der Waals surface area contributed by atoms with Crippen molar-refractivity contribution >= 4 is 12.0 Å². The monoisotopic (exact) mass is 363 g/mol. The lowest BCUT2D eigenvalue weighted by molar-refractivity contribution is -0.146. The number of hydrogen-bond donors (Lipinski definition) is 0. The summed E-state index contributed by atoms with van der Waals surface area (Å²) in [5.41, 5.74) is 0.515. The van der Waals surface area contributed by atoms with Gasteiger partial charge in [-0.1, -0.05) is 30.3 Å². The molecule has 1 aliphatic rings. The molecule has 1 atom stereocenters. The molecule has 2 rings (SSSR count). The first-order chi connectivity index (χ1) is 12.4. The predicted molar refractivity (Wildman–Crippen MR) is 97.6 cm³/mol. The topological polar surface area (TPSA) is 65.1 Å². The molecule has 0 unspecified atom stereocenters. The summed E-state index contributed by atoms with van der Waals surface area (Å²) in [4.78, 5) is 25.7. The first-order valence-electron chi connectivity index (χ1n) is 9.11. The summed E-state index contributed by atoms with van der Waals surface area (Å²) in [6.07, 6.45) is 1.80. The summed E-state index contributed by atoms with van der Waals surface area (Å²) >= 11 is 0. The number of carbonyl (C=O) groups is 2. The fraction of sp³-hybridized carbons (Fsp3) is 0.600. The van der Waals surface area contributed by atoms with Gasteiger partial charge in [0, 0.05) is 6.61 Å². The number of ether oxygens (including phenoxy) is 3. The number of imide groups is 1. The van der Waals surface area contributed by atoms with Crippen LogP contribution in [0.4, 0.5) is 4.79 Å². The minimum absolute atomic E-state index is 0.0735. The Kier molecular flexibility index (Phi) is 7.60. The molecule has 6 nitrogen and oxygen atoms in total. The maximum atomic E-state index is 12.3. The minimum Gasteiger partial charge on any atom is -0.443 e. The summed E-state index contributed by atoms with van der Waals surface area (Å²) in [6.45, 7) is 6.88. The van der Waals surface area contributed by atoms with E-state index < -0.39 is 11.7 Å². The molecule has 26 heavy (non-hydrogen) atoms. The van der Waals surface area contributed by atoms with Gasteiger partial charge in [0.05, 0.1) is 19.3 Å². The van der Waals surface area contributed by atoms with Gasteiger partial charge in [-0.15, -0.1) is 0 Å². The largest absolute Gasteiger partial charge is 0.443 e. The van der Waals surface area contributed by atoms with Crippen LogP contribution >= 0.6 is 0 Å². The van der Waals surface area contributed by atoms with Crippen molar-refractivity contribution in [2.75, 3.05) is 19.8 Å². The zero-order chi connectivity index (χ0) is 19.0. The highest BCUT2D eigenvalue weighted by atomic mass is 16.6. The van der Waals surface area contributed by atoms with Crippen LogP contribution in [-0.2, 0) is 25.6 Å². The molecule has 0 radical (unpaired) electrons. The zero-order valence-electron chi connectivity index (χ0n) is 15.9. The number of unbranched alkanes of at least 4 members (excludes halogenated alkanes) is 1. The maximum absolute atomic E-state index is 12.3. The third-order valence-electron chi connectivity index (χ3n) is 3.95.